The molecule has 1 aliphatic rings. The Labute approximate surface area is 289 Å². The summed E-state index contributed by atoms with van der Waals surface area (Å²) in [4.78, 5) is 10.8. The molecule has 0 saturated carbocycles. The highest BCUT2D eigenvalue weighted by molar-refractivity contribution is 6.24. The molecular weight excluding hydrogens is 611 g/mol. The Kier molecular flexibility index (Phi) is 6.49. The summed E-state index contributed by atoms with van der Waals surface area (Å²) in [7, 11) is 0. The second kappa shape index (κ2) is 11.5. The van der Waals surface area contributed by atoms with Crippen molar-refractivity contribution in [3.05, 3.63) is 193 Å². The third-order valence-corrected chi connectivity index (χ3v) is 9.79. The van der Waals surface area contributed by atoms with E-state index in [9.17, 15) is 0 Å². The van der Waals surface area contributed by atoms with Crippen molar-refractivity contribution in [1.29, 1.82) is 0 Å². The van der Waals surface area contributed by atoms with E-state index in [1.807, 2.05) is 6.07 Å². The summed E-state index contributed by atoms with van der Waals surface area (Å²) in [6.07, 6.45) is -0.490. The molecule has 9 aromatic rings. The van der Waals surface area contributed by atoms with E-state index in [1.165, 1.54) is 16.2 Å². The van der Waals surface area contributed by atoms with Gasteiger partial charge in [0.2, 0.25) is 0 Å². The van der Waals surface area contributed by atoms with E-state index in [-0.39, 0.29) is 0 Å². The molecule has 0 bridgehead atoms. The molecule has 0 radical (unpaired) electrons. The highest BCUT2D eigenvalue weighted by atomic mass is 15.2. The fourth-order valence-electron chi connectivity index (χ4n) is 7.63. The van der Waals surface area contributed by atoms with Crippen molar-refractivity contribution in [2.75, 3.05) is 0 Å². The molecule has 3 heterocycles. The first kappa shape index (κ1) is 28.3. The number of aromatic nitrogens is 2. The van der Waals surface area contributed by atoms with Crippen molar-refractivity contribution >= 4 is 55.3 Å². The molecule has 1 atom stereocenters. The van der Waals surface area contributed by atoms with Gasteiger partial charge in [-0.15, -0.1) is 0 Å². The van der Waals surface area contributed by atoms with Crippen molar-refractivity contribution in [1.82, 2.24) is 14.5 Å². The summed E-state index contributed by atoms with van der Waals surface area (Å²) in [5.74, 6) is 1.59. The lowest BCUT2D eigenvalue weighted by molar-refractivity contribution is 0.750. The number of hydrogen-bond acceptors (Lipinski definition) is 3. The lowest BCUT2D eigenvalue weighted by Gasteiger charge is -2.24. The van der Waals surface area contributed by atoms with Gasteiger partial charge >= 0.3 is 0 Å². The Bertz CT molecular complexity index is 2730. The minimum Gasteiger partial charge on any atom is -0.324 e. The Hall–Kier alpha value is -6.72. The maximum absolute atomic E-state index is 5.46. The van der Waals surface area contributed by atoms with Crippen LogP contribution in [0.25, 0.3) is 55.0 Å². The molecule has 2 aromatic heterocycles. The van der Waals surface area contributed by atoms with Gasteiger partial charge in [0.05, 0.1) is 27.8 Å². The van der Waals surface area contributed by atoms with Gasteiger partial charge in [0.15, 0.2) is 6.17 Å². The van der Waals surface area contributed by atoms with Crippen molar-refractivity contribution in [3.63, 3.8) is 0 Å². The van der Waals surface area contributed by atoms with Crippen LogP contribution < -0.4 is 5.32 Å². The number of para-hydroxylation sites is 5. The molecule has 0 saturated heterocycles. The van der Waals surface area contributed by atoms with Gasteiger partial charge in [-0.3, -0.25) is 0 Å². The van der Waals surface area contributed by atoms with Crippen molar-refractivity contribution in [3.8, 4) is 11.4 Å². The fraction of sp³-hybridized carbons (Fsp3) is 0.0222. The number of benzene rings is 7. The van der Waals surface area contributed by atoms with Crippen LogP contribution in [0.1, 0.15) is 22.9 Å². The third kappa shape index (κ3) is 4.41. The molecule has 236 valence electrons. The molecule has 0 spiro atoms. The molecule has 0 aliphatic carbocycles. The highest BCUT2D eigenvalue weighted by Crippen LogP contribution is 2.38. The number of hydrogen-bond donors (Lipinski definition) is 1. The van der Waals surface area contributed by atoms with Crippen LogP contribution in [0.15, 0.2) is 186 Å². The van der Waals surface area contributed by atoms with Gasteiger partial charge in [-0.25, -0.2) is 9.98 Å². The van der Waals surface area contributed by atoms with Gasteiger partial charge in [0, 0.05) is 43.9 Å². The van der Waals surface area contributed by atoms with Crippen molar-refractivity contribution in [2.45, 2.75) is 6.17 Å². The SMILES string of the molecule is c1ccc(C2=NC(c3ccccc3-n3c4ccccc4c4ccccc43)N=C(c3cccc4c3c3ccccc3n4-c3ccccc3)N2)cc1. The maximum atomic E-state index is 5.46. The van der Waals surface area contributed by atoms with Crippen LogP contribution in [-0.2, 0) is 0 Å². The van der Waals surface area contributed by atoms with E-state index in [0.717, 1.165) is 67.2 Å². The van der Waals surface area contributed by atoms with Gasteiger partial charge in [0.1, 0.15) is 11.7 Å². The summed E-state index contributed by atoms with van der Waals surface area (Å²) < 4.78 is 4.71. The second-order valence-electron chi connectivity index (χ2n) is 12.6. The van der Waals surface area contributed by atoms with Gasteiger partial charge < -0.3 is 14.5 Å². The van der Waals surface area contributed by atoms with Crippen LogP contribution in [0.2, 0.25) is 0 Å². The number of fused-ring (bicyclic) bond motifs is 6. The van der Waals surface area contributed by atoms with Gasteiger partial charge in [-0.05, 0) is 42.5 Å². The molecule has 1 N–H and O–H groups in total. The van der Waals surface area contributed by atoms with Crippen LogP contribution in [0.3, 0.4) is 0 Å². The summed E-state index contributed by atoms with van der Waals surface area (Å²) in [6.45, 7) is 0. The summed E-state index contributed by atoms with van der Waals surface area (Å²) in [5, 5.41) is 8.47. The Morgan fingerprint density at radius 1 is 0.420 bits per heavy atom. The number of rotatable bonds is 5. The van der Waals surface area contributed by atoms with E-state index >= 15 is 0 Å². The average Bonchev–Trinajstić information content (AvgIpc) is 3.71. The first-order chi connectivity index (χ1) is 24.8. The lowest BCUT2D eigenvalue weighted by Crippen LogP contribution is -2.36. The van der Waals surface area contributed by atoms with Gasteiger partial charge in [0.25, 0.3) is 0 Å². The maximum Gasteiger partial charge on any atom is 0.171 e. The number of nitrogens with one attached hydrogen (secondary N) is 1. The zero-order valence-corrected chi connectivity index (χ0v) is 27.1. The predicted molar refractivity (Wildman–Crippen MR) is 207 cm³/mol. The molecule has 10 rings (SSSR count). The first-order valence-electron chi connectivity index (χ1n) is 17.0. The van der Waals surface area contributed by atoms with E-state index in [4.69, 9.17) is 9.98 Å². The summed E-state index contributed by atoms with van der Waals surface area (Å²) in [6, 6.07) is 61.9. The number of nitrogens with zero attached hydrogens (tertiary/aromatic N) is 4. The average molecular weight is 642 g/mol. The fourth-order valence-corrected chi connectivity index (χ4v) is 7.63. The normalized spacial score (nSPS) is 14.6. The van der Waals surface area contributed by atoms with Crippen LogP contribution in [0, 0.1) is 0 Å². The van der Waals surface area contributed by atoms with Crippen LogP contribution in [0.4, 0.5) is 0 Å². The number of amidine groups is 2. The van der Waals surface area contributed by atoms with E-state index in [2.05, 4.69) is 184 Å². The van der Waals surface area contributed by atoms with Crippen molar-refractivity contribution < 1.29 is 0 Å². The lowest BCUT2D eigenvalue weighted by atomic mass is 10.0. The van der Waals surface area contributed by atoms with Crippen LogP contribution in [0.5, 0.6) is 0 Å². The van der Waals surface area contributed by atoms with E-state index in [0.29, 0.717) is 0 Å². The molecule has 1 aliphatic heterocycles. The summed E-state index contributed by atoms with van der Waals surface area (Å²) >= 11 is 0. The standard InChI is InChI=1S/C45H31N5/c1-3-16-30(17-4-1)43-46-44(35-23-10-14-28-40(35)50-37-25-11-7-20-32(37)33-21-8-12-26-38(33)50)48-45(47-43)36-24-15-29-41-42(36)34-22-9-13-27-39(34)49(41)31-18-5-2-6-19-31/h1-29,44H,(H,46,47,48). The Morgan fingerprint density at radius 3 is 1.68 bits per heavy atom. The van der Waals surface area contributed by atoms with Crippen molar-refractivity contribution in [2.24, 2.45) is 9.98 Å². The first-order valence-corrected chi connectivity index (χ1v) is 17.0. The molecule has 0 amide bonds. The molecule has 1 unspecified atom stereocenters. The second-order valence-corrected chi connectivity index (χ2v) is 12.6. The minimum atomic E-state index is -0.490. The van der Waals surface area contributed by atoms with Crippen LogP contribution >= 0.6 is 0 Å². The number of aliphatic imine (C=N–C) groups is 2. The van der Waals surface area contributed by atoms with Crippen LogP contribution in [-0.4, -0.2) is 20.8 Å². The van der Waals surface area contributed by atoms with Gasteiger partial charge in [-0.2, -0.15) is 0 Å². The zero-order valence-electron chi connectivity index (χ0n) is 27.1. The smallest absolute Gasteiger partial charge is 0.171 e. The Morgan fingerprint density at radius 2 is 0.960 bits per heavy atom. The Balaban J connectivity index is 1.22. The molecule has 0 fully saturated rings. The molecular formula is C45H31N5. The third-order valence-electron chi connectivity index (χ3n) is 9.79. The zero-order chi connectivity index (χ0) is 33.0. The van der Waals surface area contributed by atoms with Gasteiger partial charge in [-0.1, -0.05) is 133 Å². The minimum absolute atomic E-state index is 0.490. The largest absolute Gasteiger partial charge is 0.324 e. The van der Waals surface area contributed by atoms with E-state index < -0.39 is 6.17 Å². The molecule has 5 heteroatoms. The monoisotopic (exact) mass is 641 g/mol. The summed E-state index contributed by atoms with van der Waals surface area (Å²) in [5.41, 5.74) is 9.87. The van der Waals surface area contributed by atoms with E-state index in [1.54, 1.807) is 0 Å². The molecule has 5 nitrogen and oxygen atoms in total. The molecule has 7 aromatic carbocycles. The predicted octanol–water partition coefficient (Wildman–Crippen LogP) is 10.4. The topological polar surface area (TPSA) is 46.6 Å². The molecule has 50 heavy (non-hydrogen) atoms. The highest BCUT2D eigenvalue weighted by Gasteiger charge is 2.26. The quantitative estimate of drug-likeness (QED) is 0.200.